The van der Waals surface area contributed by atoms with Gasteiger partial charge in [0.25, 0.3) is 5.91 Å². The van der Waals surface area contributed by atoms with E-state index in [1.54, 1.807) is 0 Å². The first-order valence-electron chi connectivity index (χ1n) is 6.14. The van der Waals surface area contributed by atoms with Crippen molar-refractivity contribution < 1.29 is 4.79 Å². The summed E-state index contributed by atoms with van der Waals surface area (Å²) in [7, 11) is 0. The van der Waals surface area contributed by atoms with Gasteiger partial charge in [-0.25, -0.2) is 0 Å². The van der Waals surface area contributed by atoms with E-state index in [0.29, 0.717) is 18.0 Å². The van der Waals surface area contributed by atoms with Crippen molar-refractivity contribution in [1.29, 1.82) is 0 Å². The maximum absolute atomic E-state index is 11.8. The summed E-state index contributed by atoms with van der Waals surface area (Å²) in [6.07, 6.45) is 0.801. The predicted octanol–water partition coefficient (Wildman–Crippen LogP) is 2.28. The lowest BCUT2D eigenvalue weighted by Gasteiger charge is -2.09. The van der Waals surface area contributed by atoms with Crippen molar-refractivity contribution in [2.45, 2.75) is 39.2 Å². The number of amides is 1. The fourth-order valence-electron chi connectivity index (χ4n) is 1.53. The minimum atomic E-state index is -0.0269. The number of carbonyl (C=O) groups excluding carboxylic acids is 1. The molecular weight excluding hydrogens is 212 g/mol. The molecule has 17 heavy (non-hydrogen) atoms. The Bertz CT molecular complexity index is 355. The molecule has 0 aromatic heterocycles. The van der Waals surface area contributed by atoms with Gasteiger partial charge < -0.3 is 11.1 Å². The van der Waals surface area contributed by atoms with Gasteiger partial charge in [0.2, 0.25) is 0 Å². The van der Waals surface area contributed by atoms with Crippen LogP contribution < -0.4 is 11.1 Å². The zero-order valence-electron chi connectivity index (χ0n) is 10.9. The topological polar surface area (TPSA) is 55.1 Å². The summed E-state index contributed by atoms with van der Waals surface area (Å²) in [5.74, 6) is 0.464. The molecule has 1 atom stereocenters. The first-order valence-corrected chi connectivity index (χ1v) is 6.14. The second-order valence-corrected chi connectivity index (χ2v) is 4.80. The smallest absolute Gasteiger partial charge is 0.251 e. The van der Waals surface area contributed by atoms with Gasteiger partial charge in [0.1, 0.15) is 0 Å². The third-order valence-corrected chi connectivity index (χ3v) is 2.72. The normalized spacial score (nSPS) is 12.5. The van der Waals surface area contributed by atoms with Gasteiger partial charge in [-0.05, 0) is 37.0 Å². The molecule has 0 aliphatic carbocycles. The highest BCUT2D eigenvalue weighted by Crippen LogP contribution is 2.14. The molecule has 0 bridgehead atoms. The van der Waals surface area contributed by atoms with Crippen LogP contribution in [0.15, 0.2) is 24.3 Å². The van der Waals surface area contributed by atoms with Crippen LogP contribution in [-0.4, -0.2) is 18.5 Å². The van der Waals surface area contributed by atoms with Gasteiger partial charge in [-0.1, -0.05) is 26.0 Å². The van der Waals surface area contributed by atoms with E-state index < -0.39 is 0 Å². The summed E-state index contributed by atoms with van der Waals surface area (Å²) in [5, 5.41) is 2.86. The molecular formula is C14H22N2O. The Morgan fingerprint density at radius 2 is 1.82 bits per heavy atom. The Labute approximate surface area is 103 Å². The predicted molar refractivity (Wildman–Crippen MR) is 71.1 cm³/mol. The molecule has 0 aliphatic heterocycles. The Hall–Kier alpha value is -1.35. The van der Waals surface area contributed by atoms with E-state index in [9.17, 15) is 4.79 Å². The van der Waals surface area contributed by atoms with Crippen LogP contribution in [0.5, 0.6) is 0 Å². The first kappa shape index (κ1) is 13.7. The molecule has 3 nitrogen and oxygen atoms in total. The maximum Gasteiger partial charge on any atom is 0.251 e. The minimum Gasteiger partial charge on any atom is -0.352 e. The largest absolute Gasteiger partial charge is 0.352 e. The van der Waals surface area contributed by atoms with Gasteiger partial charge in [-0.3, -0.25) is 4.79 Å². The zero-order chi connectivity index (χ0) is 12.8. The van der Waals surface area contributed by atoms with Crippen LogP contribution in [0.2, 0.25) is 0 Å². The summed E-state index contributed by atoms with van der Waals surface area (Å²) in [4.78, 5) is 11.8. The number of hydrogen-bond donors (Lipinski definition) is 2. The van der Waals surface area contributed by atoms with Crippen LogP contribution in [-0.2, 0) is 0 Å². The molecule has 1 aromatic carbocycles. The summed E-state index contributed by atoms with van der Waals surface area (Å²) in [5.41, 5.74) is 7.57. The molecule has 0 spiro atoms. The highest BCUT2D eigenvalue weighted by atomic mass is 16.1. The molecule has 0 saturated carbocycles. The van der Waals surface area contributed by atoms with Gasteiger partial charge in [0, 0.05) is 18.2 Å². The highest BCUT2D eigenvalue weighted by Gasteiger charge is 2.06. The molecule has 0 saturated heterocycles. The highest BCUT2D eigenvalue weighted by molar-refractivity contribution is 5.94. The zero-order valence-corrected chi connectivity index (χ0v) is 10.9. The Kier molecular flexibility index (Phi) is 5.16. The van der Waals surface area contributed by atoms with Crippen LogP contribution in [0.3, 0.4) is 0 Å². The molecule has 3 N–H and O–H groups in total. The molecule has 94 valence electrons. The molecule has 1 amide bonds. The third kappa shape index (κ3) is 4.57. The van der Waals surface area contributed by atoms with E-state index >= 15 is 0 Å². The van der Waals surface area contributed by atoms with Crippen molar-refractivity contribution in [3.05, 3.63) is 35.4 Å². The second kappa shape index (κ2) is 6.40. The lowest BCUT2D eigenvalue weighted by Crippen LogP contribution is -2.28. The molecule has 0 heterocycles. The average Bonchev–Trinajstić information content (AvgIpc) is 2.28. The summed E-state index contributed by atoms with van der Waals surface area (Å²) in [6, 6.07) is 7.88. The number of nitrogens with two attached hydrogens (primary N) is 1. The van der Waals surface area contributed by atoms with Crippen molar-refractivity contribution in [1.82, 2.24) is 5.32 Å². The lowest BCUT2D eigenvalue weighted by molar-refractivity contribution is 0.0953. The molecule has 0 fully saturated rings. The number of hydrogen-bond acceptors (Lipinski definition) is 2. The van der Waals surface area contributed by atoms with E-state index in [-0.39, 0.29) is 11.9 Å². The van der Waals surface area contributed by atoms with Crippen LogP contribution in [0.1, 0.15) is 49.0 Å². The molecule has 1 unspecified atom stereocenters. The van der Waals surface area contributed by atoms with Crippen molar-refractivity contribution in [2.75, 3.05) is 6.54 Å². The van der Waals surface area contributed by atoms with Gasteiger partial charge >= 0.3 is 0 Å². The van der Waals surface area contributed by atoms with Gasteiger partial charge in [-0.2, -0.15) is 0 Å². The molecule has 3 heteroatoms. The maximum atomic E-state index is 11.8. The molecule has 0 radical (unpaired) electrons. The van der Waals surface area contributed by atoms with Gasteiger partial charge in [0.05, 0.1) is 0 Å². The first-order chi connectivity index (χ1) is 8.00. The van der Waals surface area contributed by atoms with E-state index in [1.807, 2.05) is 31.2 Å². The minimum absolute atomic E-state index is 0.0269. The molecule has 0 aliphatic rings. The lowest BCUT2D eigenvalue weighted by atomic mass is 10.0. The Balaban J connectivity index is 2.52. The fourth-order valence-corrected chi connectivity index (χ4v) is 1.53. The van der Waals surface area contributed by atoms with Gasteiger partial charge in [-0.15, -0.1) is 0 Å². The fraction of sp³-hybridized carbons (Fsp3) is 0.500. The van der Waals surface area contributed by atoms with Crippen molar-refractivity contribution in [3.8, 4) is 0 Å². The van der Waals surface area contributed by atoms with Crippen LogP contribution >= 0.6 is 0 Å². The van der Waals surface area contributed by atoms with Crippen LogP contribution in [0, 0.1) is 0 Å². The Morgan fingerprint density at radius 3 is 2.29 bits per heavy atom. The van der Waals surface area contributed by atoms with E-state index in [4.69, 9.17) is 5.73 Å². The van der Waals surface area contributed by atoms with E-state index in [2.05, 4.69) is 19.2 Å². The van der Waals surface area contributed by atoms with Crippen molar-refractivity contribution in [2.24, 2.45) is 5.73 Å². The van der Waals surface area contributed by atoms with E-state index in [0.717, 1.165) is 6.42 Å². The third-order valence-electron chi connectivity index (χ3n) is 2.72. The summed E-state index contributed by atoms with van der Waals surface area (Å²) >= 11 is 0. The Morgan fingerprint density at radius 1 is 1.24 bits per heavy atom. The monoisotopic (exact) mass is 234 g/mol. The van der Waals surface area contributed by atoms with Crippen LogP contribution in [0.25, 0.3) is 0 Å². The average molecular weight is 234 g/mol. The summed E-state index contributed by atoms with van der Waals surface area (Å²) in [6.45, 7) is 6.83. The quantitative estimate of drug-likeness (QED) is 0.821. The van der Waals surface area contributed by atoms with E-state index in [1.165, 1.54) is 5.56 Å². The number of nitrogens with one attached hydrogen (secondary N) is 1. The number of benzene rings is 1. The number of carbonyl (C=O) groups is 1. The molecule has 1 rings (SSSR count). The summed E-state index contributed by atoms with van der Waals surface area (Å²) < 4.78 is 0. The second-order valence-electron chi connectivity index (χ2n) is 4.80. The standard InChI is InChI=1S/C14H22N2O/c1-10(2)12-4-6-13(7-5-12)14(17)16-9-8-11(3)15/h4-7,10-11H,8-9,15H2,1-3H3,(H,16,17). The van der Waals surface area contributed by atoms with Crippen LogP contribution in [0.4, 0.5) is 0 Å². The SMILES string of the molecule is CC(N)CCNC(=O)c1ccc(C(C)C)cc1. The van der Waals surface area contributed by atoms with Gasteiger partial charge in [0.15, 0.2) is 0 Å². The molecule has 1 aromatic rings. The van der Waals surface area contributed by atoms with Crippen molar-refractivity contribution >= 4 is 5.91 Å². The number of rotatable bonds is 5. The van der Waals surface area contributed by atoms with Crippen molar-refractivity contribution in [3.63, 3.8) is 0 Å².